The van der Waals surface area contributed by atoms with Crippen molar-refractivity contribution < 1.29 is 14.8 Å². The van der Waals surface area contributed by atoms with Gasteiger partial charge in [0.05, 0.1) is 4.92 Å². The van der Waals surface area contributed by atoms with Gasteiger partial charge in [0.15, 0.2) is 5.72 Å². The van der Waals surface area contributed by atoms with Gasteiger partial charge in [0.2, 0.25) is 0 Å². The molecule has 1 aromatic carbocycles. The van der Waals surface area contributed by atoms with Crippen molar-refractivity contribution >= 4 is 17.3 Å². The minimum atomic E-state index is -1.61. The van der Waals surface area contributed by atoms with Crippen molar-refractivity contribution in [2.45, 2.75) is 19.1 Å². The number of nitro benzene ring substituents is 1. The Kier molecular flexibility index (Phi) is 3.82. The minimum Gasteiger partial charge on any atom is -0.365 e. The molecule has 8 nitrogen and oxygen atoms in total. The molecule has 3 rings (SSSR count). The molecule has 8 heteroatoms. The fourth-order valence-corrected chi connectivity index (χ4v) is 2.62. The number of carbonyl (C=O) groups excluding carboxylic acids is 1. The van der Waals surface area contributed by atoms with Crippen LogP contribution in [0.3, 0.4) is 0 Å². The normalized spacial score (nSPS) is 19.9. The van der Waals surface area contributed by atoms with Gasteiger partial charge >= 0.3 is 0 Å². The van der Waals surface area contributed by atoms with E-state index < -0.39 is 16.6 Å². The Labute approximate surface area is 137 Å². The molecule has 0 aliphatic carbocycles. The highest BCUT2D eigenvalue weighted by molar-refractivity contribution is 5.98. The first-order valence-corrected chi connectivity index (χ1v) is 7.18. The fraction of sp³-hybridized carbons (Fsp3) is 0.188. The SMILES string of the molecule is CC1=NN(C(=O)c2ccc([N+](=O)[O-])cc2)C(O)(c2ccncc2)C1. The third-order valence-electron chi connectivity index (χ3n) is 3.78. The molecule has 1 aliphatic heterocycles. The Morgan fingerprint density at radius 3 is 2.46 bits per heavy atom. The van der Waals surface area contributed by atoms with Crippen LogP contribution in [0.4, 0.5) is 5.69 Å². The number of non-ortho nitro benzene ring substituents is 1. The maximum atomic E-state index is 12.7. The number of pyridine rings is 1. The number of aromatic nitrogens is 1. The molecule has 0 saturated heterocycles. The predicted octanol–water partition coefficient (Wildman–Crippen LogP) is 2.06. The molecular weight excluding hydrogens is 312 g/mol. The van der Waals surface area contributed by atoms with Crippen LogP contribution in [0.5, 0.6) is 0 Å². The fourth-order valence-electron chi connectivity index (χ4n) is 2.62. The summed E-state index contributed by atoms with van der Waals surface area (Å²) in [6.45, 7) is 1.72. The van der Waals surface area contributed by atoms with Crippen molar-refractivity contribution in [2.24, 2.45) is 5.10 Å². The van der Waals surface area contributed by atoms with E-state index in [9.17, 15) is 20.0 Å². The van der Waals surface area contributed by atoms with E-state index >= 15 is 0 Å². The van der Waals surface area contributed by atoms with Gasteiger partial charge < -0.3 is 5.11 Å². The average molecular weight is 326 g/mol. The van der Waals surface area contributed by atoms with E-state index in [1.807, 2.05) is 0 Å². The second kappa shape index (κ2) is 5.82. The lowest BCUT2D eigenvalue weighted by atomic mass is 9.98. The molecule has 1 aromatic heterocycles. The topological polar surface area (TPSA) is 109 Å². The van der Waals surface area contributed by atoms with Crippen LogP contribution in [0.15, 0.2) is 53.9 Å². The molecule has 0 saturated carbocycles. The molecule has 1 aliphatic rings. The van der Waals surface area contributed by atoms with Crippen LogP contribution in [0.1, 0.15) is 29.3 Å². The zero-order valence-corrected chi connectivity index (χ0v) is 12.8. The number of hydrazone groups is 1. The maximum absolute atomic E-state index is 12.7. The standard InChI is InChI=1S/C16H14N4O4/c1-11-10-16(22,13-6-8-17-9-7-13)19(18-11)15(21)12-2-4-14(5-3-12)20(23)24/h2-9,22H,10H2,1H3. The highest BCUT2D eigenvalue weighted by Crippen LogP contribution is 2.36. The first kappa shape index (κ1) is 15.8. The number of carbonyl (C=O) groups is 1. The van der Waals surface area contributed by atoms with Gasteiger partial charge in [-0.25, -0.2) is 0 Å². The van der Waals surface area contributed by atoms with Crippen LogP contribution in [-0.2, 0) is 5.72 Å². The summed E-state index contributed by atoms with van der Waals surface area (Å²) in [4.78, 5) is 26.8. The third-order valence-corrected chi connectivity index (χ3v) is 3.78. The molecule has 0 bridgehead atoms. The quantitative estimate of drug-likeness (QED) is 0.686. The third kappa shape index (κ3) is 2.63. The van der Waals surface area contributed by atoms with E-state index in [-0.39, 0.29) is 17.7 Å². The molecule has 0 spiro atoms. The van der Waals surface area contributed by atoms with Crippen molar-refractivity contribution in [1.29, 1.82) is 0 Å². The van der Waals surface area contributed by atoms with Crippen LogP contribution in [-0.4, -0.2) is 31.6 Å². The van der Waals surface area contributed by atoms with Gasteiger partial charge in [-0.15, -0.1) is 0 Å². The summed E-state index contributed by atoms with van der Waals surface area (Å²) in [5.74, 6) is -0.541. The molecule has 0 radical (unpaired) electrons. The van der Waals surface area contributed by atoms with E-state index in [0.717, 1.165) is 5.01 Å². The summed E-state index contributed by atoms with van der Waals surface area (Å²) in [5.41, 5.74) is -0.423. The number of benzene rings is 1. The maximum Gasteiger partial charge on any atom is 0.276 e. The highest BCUT2D eigenvalue weighted by atomic mass is 16.6. The lowest BCUT2D eigenvalue weighted by Gasteiger charge is -2.31. The van der Waals surface area contributed by atoms with Crippen LogP contribution in [0.2, 0.25) is 0 Å². The Balaban J connectivity index is 1.96. The lowest BCUT2D eigenvalue weighted by Crippen LogP contribution is -2.43. The van der Waals surface area contributed by atoms with E-state index in [1.165, 1.54) is 36.7 Å². The average Bonchev–Trinajstić information content (AvgIpc) is 2.91. The van der Waals surface area contributed by atoms with Gasteiger partial charge in [-0.3, -0.25) is 19.9 Å². The first-order valence-electron chi connectivity index (χ1n) is 7.18. The number of amides is 1. The van der Waals surface area contributed by atoms with Crippen LogP contribution < -0.4 is 0 Å². The van der Waals surface area contributed by atoms with Crippen LogP contribution >= 0.6 is 0 Å². The largest absolute Gasteiger partial charge is 0.365 e. The zero-order chi connectivity index (χ0) is 17.3. The molecule has 1 amide bonds. The van der Waals surface area contributed by atoms with Crippen molar-refractivity contribution in [2.75, 3.05) is 0 Å². The van der Waals surface area contributed by atoms with Crippen LogP contribution in [0.25, 0.3) is 0 Å². The Morgan fingerprint density at radius 2 is 1.88 bits per heavy atom. The summed E-state index contributed by atoms with van der Waals surface area (Å²) >= 11 is 0. The minimum absolute atomic E-state index is 0.114. The van der Waals surface area contributed by atoms with Gasteiger partial charge in [0.25, 0.3) is 11.6 Å². The lowest BCUT2D eigenvalue weighted by molar-refractivity contribution is -0.384. The van der Waals surface area contributed by atoms with Crippen LogP contribution in [0, 0.1) is 10.1 Å². The van der Waals surface area contributed by atoms with E-state index in [0.29, 0.717) is 11.3 Å². The van der Waals surface area contributed by atoms with Gasteiger partial charge in [0.1, 0.15) is 0 Å². The number of rotatable bonds is 3. The molecule has 0 fully saturated rings. The smallest absolute Gasteiger partial charge is 0.276 e. The van der Waals surface area contributed by atoms with E-state index in [4.69, 9.17) is 0 Å². The van der Waals surface area contributed by atoms with Gasteiger partial charge in [-0.05, 0) is 31.2 Å². The first-order chi connectivity index (χ1) is 11.4. The number of aliphatic hydroxyl groups is 1. The highest BCUT2D eigenvalue weighted by Gasteiger charge is 2.45. The van der Waals surface area contributed by atoms with Gasteiger partial charge in [-0.2, -0.15) is 10.1 Å². The number of hydrogen-bond donors (Lipinski definition) is 1. The summed E-state index contributed by atoms with van der Waals surface area (Å²) in [6, 6.07) is 8.40. The second-order valence-electron chi connectivity index (χ2n) is 5.49. The predicted molar refractivity (Wildman–Crippen MR) is 85.1 cm³/mol. The Bertz CT molecular complexity index is 820. The molecule has 2 aromatic rings. The molecule has 2 heterocycles. The molecule has 1 N–H and O–H groups in total. The Hall–Kier alpha value is -3.13. The molecule has 1 atom stereocenters. The zero-order valence-electron chi connectivity index (χ0n) is 12.8. The summed E-state index contributed by atoms with van der Waals surface area (Å²) in [6.07, 6.45) is 3.22. The van der Waals surface area contributed by atoms with Gasteiger partial charge in [0, 0.05) is 47.8 Å². The van der Waals surface area contributed by atoms with E-state index in [1.54, 1.807) is 19.1 Å². The van der Waals surface area contributed by atoms with Crippen molar-refractivity contribution in [1.82, 2.24) is 9.99 Å². The molecular formula is C16H14N4O4. The summed E-state index contributed by atoms with van der Waals surface area (Å²) in [5, 5.41) is 26.9. The summed E-state index contributed by atoms with van der Waals surface area (Å²) in [7, 11) is 0. The summed E-state index contributed by atoms with van der Waals surface area (Å²) < 4.78 is 0. The number of nitro groups is 1. The van der Waals surface area contributed by atoms with Crippen molar-refractivity contribution in [3.8, 4) is 0 Å². The second-order valence-corrected chi connectivity index (χ2v) is 5.49. The number of hydrogen-bond acceptors (Lipinski definition) is 6. The van der Waals surface area contributed by atoms with Gasteiger partial charge in [-0.1, -0.05) is 0 Å². The van der Waals surface area contributed by atoms with E-state index in [2.05, 4.69) is 10.1 Å². The van der Waals surface area contributed by atoms with Crippen molar-refractivity contribution in [3.63, 3.8) is 0 Å². The molecule has 24 heavy (non-hydrogen) atoms. The molecule has 1 unspecified atom stereocenters. The molecule has 122 valence electrons. The Morgan fingerprint density at radius 1 is 1.25 bits per heavy atom. The monoisotopic (exact) mass is 326 g/mol. The van der Waals surface area contributed by atoms with Crippen molar-refractivity contribution in [3.05, 3.63) is 70.0 Å². The number of nitrogens with zero attached hydrogens (tertiary/aromatic N) is 4.